The number of aromatic nitrogens is 1. The molecule has 2 rings (SSSR count). The zero-order chi connectivity index (χ0) is 14.6. The van der Waals surface area contributed by atoms with E-state index in [0.717, 1.165) is 15.6 Å². The lowest BCUT2D eigenvalue weighted by Crippen LogP contribution is -2.49. The third-order valence-corrected chi connectivity index (χ3v) is 5.38. The van der Waals surface area contributed by atoms with E-state index in [-0.39, 0.29) is 0 Å². The average Bonchev–Trinajstić information content (AvgIpc) is 2.87. The first kappa shape index (κ1) is 15.0. The summed E-state index contributed by atoms with van der Waals surface area (Å²) in [5, 5.41) is 14.6. The molecule has 0 saturated carbocycles. The first-order valence-corrected chi connectivity index (χ1v) is 7.98. The minimum atomic E-state index is -1.11. The molecule has 1 aromatic carbocycles. The molecule has 20 heavy (non-hydrogen) atoms. The van der Waals surface area contributed by atoms with Gasteiger partial charge in [0.1, 0.15) is 4.34 Å². The summed E-state index contributed by atoms with van der Waals surface area (Å²) in [5.74, 6) is -0.498. The lowest BCUT2D eigenvalue weighted by molar-refractivity contribution is -0.144. The van der Waals surface area contributed by atoms with Gasteiger partial charge in [-0.2, -0.15) is 0 Å². The predicted octanol–water partition coefficient (Wildman–Crippen LogP) is 2.74. The van der Waals surface area contributed by atoms with Crippen molar-refractivity contribution in [3.05, 3.63) is 47.0 Å². The Balaban J connectivity index is 2.26. The van der Waals surface area contributed by atoms with Crippen LogP contribution in [0.5, 0.6) is 0 Å². The van der Waals surface area contributed by atoms with Crippen molar-refractivity contribution >= 4 is 29.1 Å². The number of hydrogen-bond acceptors (Lipinski definition) is 5. The van der Waals surface area contributed by atoms with E-state index in [1.807, 2.05) is 42.6 Å². The molecule has 0 aliphatic rings. The van der Waals surface area contributed by atoms with Crippen LogP contribution in [0.2, 0.25) is 0 Å². The third kappa shape index (κ3) is 3.03. The highest BCUT2D eigenvalue weighted by molar-refractivity contribution is 8.01. The van der Waals surface area contributed by atoms with E-state index in [0.29, 0.717) is 5.75 Å². The van der Waals surface area contributed by atoms with E-state index >= 15 is 0 Å². The molecule has 0 aliphatic carbocycles. The average molecular weight is 308 g/mol. The number of hydrogen-bond donors (Lipinski definition) is 2. The van der Waals surface area contributed by atoms with E-state index < -0.39 is 11.5 Å². The van der Waals surface area contributed by atoms with Gasteiger partial charge in [0.2, 0.25) is 0 Å². The van der Waals surface area contributed by atoms with Crippen LogP contribution in [0, 0.1) is 6.92 Å². The Morgan fingerprint density at radius 2 is 2.15 bits per heavy atom. The van der Waals surface area contributed by atoms with E-state index in [1.54, 1.807) is 7.05 Å². The highest BCUT2D eigenvalue weighted by Crippen LogP contribution is 2.31. The number of nitrogens with zero attached hydrogens (tertiary/aromatic N) is 1. The van der Waals surface area contributed by atoms with Crippen molar-refractivity contribution in [3.63, 3.8) is 0 Å². The molecule has 0 saturated heterocycles. The van der Waals surface area contributed by atoms with Crippen molar-refractivity contribution in [1.29, 1.82) is 0 Å². The van der Waals surface area contributed by atoms with E-state index in [9.17, 15) is 9.90 Å². The lowest BCUT2D eigenvalue weighted by Gasteiger charge is -2.28. The van der Waals surface area contributed by atoms with Crippen molar-refractivity contribution in [3.8, 4) is 0 Å². The van der Waals surface area contributed by atoms with Crippen LogP contribution < -0.4 is 5.32 Å². The van der Waals surface area contributed by atoms with Crippen LogP contribution in [0.3, 0.4) is 0 Å². The molecular formula is C14H16N2O2S2. The van der Waals surface area contributed by atoms with Gasteiger partial charge in [0, 0.05) is 16.8 Å². The summed E-state index contributed by atoms with van der Waals surface area (Å²) in [6.45, 7) is 1.93. The van der Waals surface area contributed by atoms with E-state index in [2.05, 4.69) is 10.3 Å². The van der Waals surface area contributed by atoms with Crippen molar-refractivity contribution in [1.82, 2.24) is 10.3 Å². The minimum Gasteiger partial charge on any atom is -0.480 e. The summed E-state index contributed by atoms with van der Waals surface area (Å²) in [6.07, 6.45) is 0. The van der Waals surface area contributed by atoms with Crippen molar-refractivity contribution in [2.45, 2.75) is 16.8 Å². The molecule has 0 fully saturated rings. The molecule has 6 heteroatoms. The highest BCUT2D eigenvalue weighted by Gasteiger charge is 2.39. The van der Waals surface area contributed by atoms with Crippen molar-refractivity contribution < 1.29 is 9.90 Å². The number of carboxylic acids is 1. The number of aryl methyl sites for hydroxylation is 1. The molecule has 1 atom stereocenters. The topological polar surface area (TPSA) is 62.2 Å². The number of thioether (sulfide) groups is 1. The number of likely N-dealkylation sites (N-methyl/N-ethyl adjacent to an activating group) is 1. The summed E-state index contributed by atoms with van der Waals surface area (Å²) in [6, 6.07) is 9.24. The number of carboxylic acid groups (broad SMARTS) is 1. The number of nitrogens with one attached hydrogen (secondary N) is 1. The van der Waals surface area contributed by atoms with Crippen LogP contribution in [-0.4, -0.2) is 28.9 Å². The summed E-state index contributed by atoms with van der Waals surface area (Å²) in [4.78, 5) is 16.1. The number of thiazole rings is 1. The molecule has 0 radical (unpaired) electrons. The Morgan fingerprint density at radius 3 is 2.65 bits per heavy atom. The summed E-state index contributed by atoms with van der Waals surface area (Å²) < 4.78 is 0.888. The van der Waals surface area contributed by atoms with Gasteiger partial charge in [0.15, 0.2) is 5.54 Å². The van der Waals surface area contributed by atoms with Crippen molar-refractivity contribution in [2.75, 3.05) is 12.8 Å². The molecule has 106 valence electrons. The second-order valence-corrected chi connectivity index (χ2v) is 6.45. The van der Waals surface area contributed by atoms with E-state index in [1.165, 1.54) is 23.1 Å². The fourth-order valence-corrected chi connectivity index (χ4v) is 3.98. The maximum absolute atomic E-state index is 11.8. The first-order chi connectivity index (χ1) is 9.58. The van der Waals surface area contributed by atoms with Crippen LogP contribution >= 0.6 is 23.1 Å². The maximum Gasteiger partial charge on any atom is 0.329 e. The molecule has 4 nitrogen and oxygen atoms in total. The molecule has 0 aliphatic heterocycles. The van der Waals surface area contributed by atoms with Gasteiger partial charge in [-0.05, 0) is 19.5 Å². The molecule has 2 N–H and O–H groups in total. The van der Waals surface area contributed by atoms with Gasteiger partial charge in [0.25, 0.3) is 0 Å². The summed E-state index contributed by atoms with van der Waals surface area (Å²) in [5.41, 5.74) is 0.601. The zero-order valence-corrected chi connectivity index (χ0v) is 12.9. The number of carbonyl (C=O) groups is 1. The normalized spacial score (nSPS) is 13.9. The van der Waals surface area contributed by atoms with Crippen LogP contribution in [0.1, 0.15) is 11.3 Å². The smallest absolute Gasteiger partial charge is 0.329 e. The molecule has 2 aromatic rings. The Labute approximate surface area is 126 Å². The van der Waals surface area contributed by atoms with Gasteiger partial charge in [-0.3, -0.25) is 0 Å². The van der Waals surface area contributed by atoms with Crippen molar-refractivity contribution in [2.24, 2.45) is 0 Å². The minimum absolute atomic E-state index is 0.385. The lowest BCUT2D eigenvalue weighted by atomic mass is 9.92. The largest absolute Gasteiger partial charge is 0.480 e. The summed E-state index contributed by atoms with van der Waals surface area (Å²) in [7, 11) is 1.68. The second kappa shape index (κ2) is 6.39. The van der Waals surface area contributed by atoms with Gasteiger partial charge in [-0.15, -0.1) is 11.3 Å². The van der Waals surface area contributed by atoms with Crippen LogP contribution in [0.15, 0.2) is 40.1 Å². The second-order valence-electron chi connectivity index (χ2n) is 4.37. The monoisotopic (exact) mass is 308 g/mol. The number of benzene rings is 1. The fraction of sp³-hybridized carbons (Fsp3) is 0.286. The molecule has 1 heterocycles. The number of rotatable bonds is 6. The SMILES string of the molecule is CNC(CSc1nc(C)cs1)(C(=O)O)c1ccccc1. The molecule has 0 spiro atoms. The summed E-state index contributed by atoms with van der Waals surface area (Å²) >= 11 is 3.00. The van der Waals surface area contributed by atoms with Gasteiger partial charge in [-0.25, -0.2) is 9.78 Å². The molecule has 1 unspecified atom stereocenters. The molecule has 1 aromatic heterocycles. The fourth-order valence-electron chi connectivity index (χ4n) is 1.88. The quantitative estimate of drug-likeness (QED) is 0.804. The standard InChI is InChI=1S/C14H16N2O2S2/c1-10-8-19-13(16-10)20-9-14(15-2,12(17)18)11-6-4-3-5-7-11/h3-8,15H,9H2,1-2H3,(H,17,18). The van der Waals surface area contributed by atoms with E-state index in [4.69, 9.17) is 0 Å². The van der Waals surface area contributed by atoms with Crippen LogP contribution in [-0.2, 0) is 10.3 Å². The predicted molar refractivity (Wildman–Crippen MR) is 82.4 cm³/mol. The highest BCUT2D eigenvalue weighted by atomic mass is 32.2. The van der Waals surface area contributed by atoms with Crippen LogP contribution in [0.25, 0.3) is 0 Å². The van der Waals surface area contributed by atoms with Gasteiger partial charge in [-0.1, -0.05) is 42.1 Å². The Hall–Kier alpha value is -1.37. The van der Waals surface area contributed by atoms with Gasteiger partial charge >= 0.3 is 5.97 Å². The molecule has 0 amide bonds. The maximum atomic E-state index is 11.8. The third-order valence-electron chi connectivity index (χ3n) is 3.07. The van der Waals surface area contributed by atoms with Crippen LogP contribution in [0.4, 0.5) is 0 Å². The molecule has 0 bridgehead atoms. The zero-order valence-electron chi connectivity index (χ0n) is 11.3. The van der Waals surface area contributed by atoms with Gasteiger partial charge in [0.05, 0.1) is 0 Å². The Bertz CT molecular complexity index is 586. The van der Waals surface area contributed by atoms with Gasteiger partial charge < -0.3 is 10.4 Å². The molecular weight excluding hydrogens is 292 g/mol. The first-order valence-electron chi connectivity index (χ1n) is 6.11. The Morgan fingerprint density at radius 1 is 1.45 bits per heavy atom. The number of aliphatic carboxylic acids is 1. The Kier molecular flexibility index (Phi) is 4.80.